The van der Waals surface area contributed by atoms with E-state index in [-0.39, 0.29) is 24.1 Å². The van der Waals surface area contributed by atoms with E-state index >= 15 is 0 Å². The lowest BCUT2D eigenvalue weighted by Crippen LogP contribution is -2.47. The SMILES string of the molecule is O=C(c1ccncc1)N1C2CCC1CC(O)C2. The van der Waals surface area contributed by atoms with Gasteiger partial charge in [0.05, 0.1) is 6.10 Å². The van der Waals surface area contributed by atoms with Gasteiger partial charge in [-0.25, -0.2) is 0 Å². The van der Waals surface area contributed by atoms with Gasteiger partial charge in [-0.15, -0.1) is 0 Å². The van der Waals surface area contributed by atoms with Crippen molar-refractivity contribution in [2.45, 2.75) is 43.9 Å². The molecule has 1 aromatic rings. The zero-order valence-electron chi connectivity index (χ0n) is 9.62. The Bertz CT molecular complexity index is 407. The first kappa shape index (κ1) is 10.7. The fourth-order valence-electron chi connectivity index (χ4n) is 3.12. The van der Waals surface area contributed by atoms with Gasteiger partial charge in [-0.2, -0.15) is 0 Å². The molecule has 90 valence electrons. The maximum absolute atomic E-state index is 12.4. The van der Waals surface area contributed by atoms with Crippen molar-refractivity contribution >= 4 is 5.91 Å². The minimum Gasteiger partial charge on any atom is -0.393 e. The van der Waals surface area contributed by atoms with Crippen molar-refractivity contribution in [1.29, 1.82) is 0 Å². The Hall–Kier alpha value is -1.42. The Morgan fingerprint density at radius 1 is 1.24 bits per heavy atom. The third-order valence-corrected chi connectivity index (χ3v) is 3.87. The molecule has 0 spiro atoms. The van der Waals surface area contributed by atoms with Crippen molar-refractivity contribution in [3.8, 4) is 0 Å². The van der Waals surface area contributed by atoms with Gasteiger partial charge in [0.1, 0.15) is 0 Å². The second-order valence-electron chi connectivity index (χ2n) is 4.96. The Morgan fingerprint density at radius 3 is 2.41 bits per heavy atom. The molecular formula is C13H16N2O2. The summed E-state index contributed by atoms with van der Waals surface area (Å²) in [5.74, 6) is 0.0896. The molecule has 0 radical (unpaired) electrons. The Morgan fingerprint density at radius 2 is 1.82 bits per heavy atom. The predicted molar refractivity (Wildman–Crippen MR) is 62.5 cm³/mol. The fourth-order valence-corrected chi connectivity index (χ4v) is 3.12. The van der Waals surface area contributed by atoms with Gasteiger partial charge < -0.3 is 10.0 Å². The normalized spacial score (nSPS) is 31.6. The molecule has 1 aromatic heterocycles. The highest BCUT2D eigenvalue weighted by atomic mass is 16.3. The topological polar surface area (TPSA) is 53.4 Å². The van der Waals surface area contributed by atoms with Crippen LogP contribution in [0.2, 0.25) is 0 Å². The van der Waals surface area contributed by atoms with Crippen LogP contribution in [0.4, 0.5) is 0 Å². The minimum atomic E-state index is -0.228. The van der Waals surface area contributed by atoms with E-state index in [2.05, 4.69) is 4.98 Å². The summed E-state index contributed by atoms with van der Waals surface area (Å²) in [5.41, 5.74) is 0.702. The molecule has 0 aromatic carbocycles. The molecule has 1 amide bonds. The molecule has 0 saturated carbocycles. The zero-order valence-corrected chi connectivity index (χ0v) is 9.62. The van der Waals surface area contributed by atoms with E-state index in [0.717, 1.165) is 25.7 Å². The number of amides is 1. The summed E-state index contributed by atoms with van der Waals surface area (Å²) in [6, 6.07) is 3.97. The largest absolute Gasteiger partial charge is 0.393 e. The van der Waals surface area contributed by atoms with Crippen LogP contribution in [0.5, 0.6) is 0 Å². The van der Waals surface area contributed by atoms with Gasteiger partial charge in [-0.3, -0.25) is 9.78 Å². The van der Waals surface area contributed by atoms with E-state index in [1.807, 2.05) is 4.90 Å². The van der Waals surface area contributed by atoms with E-state index in [1.54, 1.807) is 24.5 Å². The summed E-state index contributed by atoms with van der Waals surface area (Å²) in [6.07, 6.45) is 6.58. The Balaban J connectivity index is 1.84. The first-order valence-corrected chi connectivity index (χ1v) is 6.16. The highest BCUT2D eigenvalue weighted by molar-refractivity contribution is 5.94. The van der Waals surface area contributed by atoms with Gasteiger partial charge in [-0.05, 0) is 37.8 Å². The molecule has 1 N–H and O–H groups in total. The number of fused-ring (bicyclic) bond motifs is 2. The molecule has 2 aliphatic heterocycles. The minimum absolute atomic E-state index is 0.0896. The molecule has 2 bridgehead atoms. The Kier molecular flexibility index (Phi) is 2.59. The van der Waals surface area contributed by atoms with Gasteiger partial charge in [0.15, 0.2) is 0 Å². The molecule has 0 aliphatic carbocycles. The monoisotopic (exact) mass is 232 g/mol. The van der Waals surface area contributed by atoms with Crippen LogP contribution in [-0.4, -0.2) is 39.1 Å². The number of piperidine rings is 1. The molecule has 4 heteroatoms. The number of nitrogens with zero attached hydrogens (tertiary/aromatic N) is 2. The molecule has 4 nitrogen and oxygen atoms in total. The average Bonchev–Trinajstić information content (AvgIpc) is 2.62. The maximum atomic E-state index is 12.4. The number of aliphatic hydroxyl groups is 1. The number of carbonyl (C=O) groups is 1. The third kappa shape index (κ3) is 1.82. The first-order valence-electron chi connectivity index (χ1n) is 6.16. The lowest BCUT2D eigenvalue weighted by Gasteiger charge is -2.37. The average molecular weight is 232 g/mol. The highest BCUT2D eigenvalue weighted by Crippen LogP contribution is 2.36. The number of pyridine rings is 1. The Labute approximate surface area is 100 Å². The van der Waals surface area contributed by atoms with Crippen molar-refractivity contribution in [3.63, 3.8) is 0 Å². The second kappa shape index (κ2) is 4.11. The van der Waals surface area contributed by atoms with Crippen LogP contribution in [0.25, 0.3) is 0 Å². The molecule has 2 unspecified atom stereocenters. The summed E-state index contributed by atoms with van der Waals surface area (Å²) in [4.78, 5) is 18.3. The van der Waals surface area contributed by atoms with Crippen LogP contribution >= 0.6 is 0 Å². The van der Waals surface area contributed by atoms with Crippen molar-refractivity contribution in [2.24, 2.45) is 0 Å². The molecular weight excluding hydrogens is 216 g/mol. The van der Waals surface area contributed by atoms with E-state index < -0.39 is 0 Å². The van der Waals surface area contributed by atoms with Gasteiger partial charge >= 0.3 is 0 Å². The second-order valence-corrected chi connectivity index (χ2v) is 4.96. The first-order chi connectivity index (χ1) is 8.25. The van der Waals surface area contributed by atoms with Gasteiger partial charge in [0.2, 0.25) is 0 Å². The van der Waals surface area contributed by atoms with Crippen LogP contribution in [0.3, 0.4) is 0 Å². The van der Waals surface area contributed by atoms with Crippen molar-refractivity contribution in [2.75, 3.05) is 0 Å². The van der Waals surface area contributed by atoms with Crippen LogP contribution in [-0.2, 0) is 0 Å². The van der Waals surface area contributed by atoms with E-state index in [0.29, 0.717) is 5.56 Å². The number of rotatable bonds is 1. The third-order valence-electron chi connectivity index (χ3n) is 3.87. The summed E-state index contributed by atoms with van der Waals surface area (Å²) >= 11 is 0. The molecule has 2 saturated heterocycles. The van der Waals surface area contributed by atoms with Crippen molar-refractivity contribution < 1.29 is 9.90 Å². The number of hydrogen-bond donors (Lipinski definition) is 1. The van der Waals surface area contributed by atoms with Crippen LogP contribution in [0.15, 0.2) is 24.5 Å². The number of carbonyl (C=O) groups excluding carboxylic acids is 1. The van der Waals surface area contributed by atoms with Crippen LogP contribution < -0.4 is 0 Å². The van der Waals surface area contributed by atoms with Crippen LogP contribution in [0.1, 0.15) is 36.0 Å². The van der Waals surface area contributed by atoms with Gasteiger partial charge in [0, 0.05) is 30.0 Å². The van der Waals surface area contributed by atoms with Crippen molar-refractivity contribution in [3.05, 3.63) is 30.1 Å². The maximum Gasteiger partial charge on any atom is 0.254 e. The van der Waals surface area contributed by atoms with E-state index in [9.17, 15) is 9.90 Å². The molecule has 2 aliphatic rings. The van der Waals surface area contributed by atoms with E-state index in [4.69, 9.17) is 0 Å². The predicted octanol–water partition coefficient (Wildman–Crippen LogP) is 1.21. The summed E-state index contributed by atoms with van der Waals surface area (Å²) in [5, 5.41) is 9.71. The lowest BCUT2D eigenvalue weighted by molar-refractivity contribution is 0.0287. The van der Waals surface area contributed by atoms with Gasteiger partial charge in [0.25, 0.3) is 5.91 Å². The standard InChI is InChI=1S/C13H16N2O2/c16-12-7-10-1-2-11(8-12)15(10)13(17)9-3-5-14-6-4-9/h3-6,10-12,16H,1-2,7-8H2. The zero-order chi connectivity index (χ0) is 11.8. The molecule has 2 atom stereocenters. The number of aliphatic hydroxyl groups excluding tert-OH is 1. The van der Waals surface area contributed by atoms with E-state index in [1.165, 1.54) is 0 Å². The van der Waals surface area contributed by atoms with Gasteiger partial charge in [-0.1, -0.05) is 0 Å². The summed E-state index contributed by atoms with van der Waals surface area (Å²) < 4.78 is 0. The molecule has 2 fully saturated rings. The number of hydrogen-bond acceptors (Lipinski definition) is 3. The van der Waals surface area contributed by atoms with Crippen LogP contribution in [0, 0.1) is 0 Å². The fraction of sp³-hybridized carbons (Fsp3) is 0.538. The smallest absolute Gasteiger partial charge is 0.254 e. The summed E-state index contributed by atoms with van der Waals surface area (Å²) in [7, 11) is 0. The molecule has 3 heterocycles. The number of aromatic nitrogens is 1. The molecule has 17 heavy (non-hydrogen) atoms. The quantitative estimate of drug-likeness (QED) is 0.791. The lowest BCUT2D eigenvalue weighted by atomic mass is 9.99. The molecule has 3 rings (SSSR count). The van der Waals surface area contributed by atoms with Crippen molar-refractivity contribution in [1.82, 2.24) is 9.88 Å². The summed E-state index contributed by atoms with van der Waals surface area (Å²) in [6.45, 7) is 0. The highest BCUT2D eigenvalue weighted by Gasteiger charge is 2.42.